The molecule has 0 spiro atoms. The molecular weight excluding hydrogens is 323 g/mol. The Balaban J connectivity index is 1.77. The summed E-state index contributed by atoms with van der Waals surface area (Å²) in [7, 11) is -3.07. The summed E-state index contributed by atoms with van der Waals surface area (Å²) in [5.41, 5.74) is 0.582. The Kier molecular flexibility index (Phi) is 3.88. The Morgan fingerprint density at radius 3 is 2.65 bits per heavy atom. The van der Waals surface area contributed by atoms with Crippen molar-refractivity contribution in [1.29, 1.82) is 0 Å². The molecular formula is C14H15FN4O3S. The van der Waals surface area contributed by atoms with Crippen LogP contribution in [0, 0.1) is 12.7 Å². The van der Waals surface area contributed by atoms with E-state index in [9.17, 15) is 17.6 Å². The number of hydrogen-bond donors (Lipinski definition) is 1. The normalized spacial score (nSPS) is 19.7. The molecule has 23 heavy (non-hydrogen) atoms. The van der Waals surface area contributed by atoms with Gasteiger partial charge in [0.15, 0.2) is 9.84 Å². The molecule has 1 saturated heterocycles. The monoisotopic (exact) mass is 338 g/mol. The minimum Gasteiger partial charge on any atom is -0.345 e. The number of rotatable bonds is 3. The van der Waals surface area contributed by atoms with E-state index < -0.39 is 21.8 Å². The first-order chi connectivity index (χ1) is 10.8. The number of aromatic nitrogens is 3. The van der Waals surface area contributed by atoms with E-state index in [4.69, 9.17) is 0 Å². The van der Waals surface area contributed by atoms with Gasteiger partial charge in [-0.25, -0.2) is 22.5 Å². The van der Waals surface area contributed by atoms with Crippen LogP contribution >= 0.6 is 0 Å². The zero-order chi connectivity index (χ0) is 16.6. The standard InChI is InChI=1S/C14H15FN4O3S/c1-9-16-13(14(20)17-11-6-7-23(21,22)8-11)18-19(9)12-4-2-10(15)3-5-12/h2-5,11H,6-8H2,1H3,(H,17,20)/t11-/m1/s1. The van der Waals surface area contributed by atoms with Gasteiger partial charge in [0.05, 0.1) is 17.2 Å². The van der Waals surface area contributed by atoms with E-state index >= 15 is 0 Å². The molecule has 0 aliphatic carbocycles. The first kappa shape index (κ1) is 15.6. The molecule has 0 bridgehead atoms. The van der Waals surface area contributed by atoms with Crippen molar-refractivity contribution < 1.29 is 17.6 Å². The molecule has 3 rings (SSSR count). The lowest BCUT2D eigenvalue weighted by molar-refractivity contribution is 0.0930. The predicted octanol–water partition coefficient (Wildman–Crippen LogP) is 0.632. The highest BCUT2D eigenvalue weighted by Gasteiger charge is 2.30. The number of hydrogen-bond acceptors (Lipinski definition) is 5. The van der Waals surface area contributed by atoms with Crippen LogP contribution in [-0.4, -0.2) is 46.6 Å². The minimum atomic E-state index is -3.07. The molecule has 122 valence electrons. The van der Waals surface area contributed by atoms with Gasteiger partial charge < -0.3 is 5.32 Å². The van der Waals surface area contributed by atoms with Crippen molar-refractivity contribution in [3.8, 4) is 5.69 Å². The van der Waals surface area contributed by atoms with Crippen molar-refractivity contribution in [3.05, 3.63) is 41.7 Å². The molecule has 1 aliphatic rings. The summed E-state index contributed by atoms with van der Waals surface area (Å²) in [6.45, 7) is 1.67. The van der Waals surface area contributed by atoms with Crippen LogP contribution in [0.3, 0.4) is 0 Å². The van der Waals surface area contributed by atoms with Crippen molar-refractivity contribution in [2.75, 3.05) is 11.5 Å². The number of carbonyl (C=O) groups excluding carboxylic acids is 1. The fraction of sp³-hybridized carbons (Fsp3) is 0.357. The Morgan fingerprint density at radius 2 is 2.04 bits per heavy atom. The lowest BCUT2D eigenvalue weighted by Gasteiger charge is -2.08. The zero-order valence-electron chi connectivity index (χ0n) is 12.4. The van der Waals surface area contributed by atoms with Crippen LogP contribution in [0.5, 0.6) is 0 Å². The molecule has 1 atom stereocenters. The number of nitrogens with one attached hydrogen (secondary N) is 1. The summed E-state index contributed by atoms with van der Waals surface area (Å²) in [5, 5.41) is 6.75. The number of amides is 1. The summed E-state index contributed by atoms with van der Waals surface area (Å²) in [6.07, 6.45) is 0.395. The molecule has 1 aliphatic heterocycles. The number of sulfone groups is 1. The molecule has 1 aromatic carbocycles. The highest BCUT2D eigenvalue weighted by Crippen LogP contribution is 2.13. The lowest BCUT2D eigenvalue weighted by Crippen LogP contribution is -2.36. The second-order valence-electron chi connectivity index (χ2n) is 5.44. The molecule has 7 nitrogen and oxygen atoms in total. The van der Waals surface area contributed by atoms with Crippen LogP contribution in [0.4, 0.5) is 4.39 Å². The maximum Gasteiger partial charge on any atom is 0.291 e. The van der Waals surface area contributed by atoms with Gasteiger partial charge >= 0.3 is 0 Å². The second kappa shape index (κ2) is 5.73. The van der Waals surface area contributed by atoms with Gasteiger partial charge in [-0.3, -0.25) is 4.79 Å². The molecule has 0 radical (unpaired) electrons. The van der Waals surface area contributed by atoms with E-state index in [1.54, 1.807) is 6.92 Å². The summed E-state index contributed by atoms with van der Waals surface area (Å²) in [6, 6.07) is 5.23. The third kappa shape index (κ3) is 3.39. The Morgan fingerprint density at radius 1 is 1.35 bits per heavy atom. The van der Waals surface area contributed by atoms with Gasteiger partial charge in [-0.05, 0) is 37.6 Å². The molecule has 1 aromatic heterocycles. The van der Waals surface area contributed by atoms with Crippen LogP contribution in [0.1, 0.15) is 22.9 Å². The lowest BCUT2D eigenvalue weighted by atomic mass is 10.2. The summed E-state index contributed by atoms with van der Waals surface area (Å²) in [4.78, 5) is 16.2. The Bertz CT molecular complexity index is 845. The van der Waals surface area contributed by atoms with E-state index in [2.05, 4.69) is 15.4 Å². The van der Waals surface area contributed by atoms with Crippen LogP contribution in [0.25, 0.3) is 5.69 Å². The summed E-state index contributed by atoms with van der Waals surface area (Å²) < 4.78 is 37.2. The fourth-order valence-corrected chi connectivity index (χ4v) is 4.15. The molecule has 0 unspecified atom stereocenters. The molecule has 1 fully saturated rings. The minimum absolute atomic E-state index is 0.0453. The third-order valence-corrected chi connectivity index (χ3v) is 5.38. The maximum absolute atomic E-state index is 13.0. The summed E-state index contributed by atoms with van der Waals surface area (Å²) >= 11 is 0. The van der Waals surface area contributed by atoms with Crippen LogP contribution < -0.4 is 5.32 Å². The number of aryl methyl sites for hydroxylation is 1. The third-order valence-electron chi connectivity index (χ3n) is 3.61. The fourth-order valence-electron chi connectivity index (χ4n) is 2.47. The number of nitrogens with zero attached hydrogens (tertiary/aromatic N) is 3. The van der Waals surface area contributed by atoms with E-state index in [1.807, 2.05) is 0 Å². The van der Waals surface area contributed by atoms with Crippen molar-refractivity contribution in [3.63, 3.8) is 0 Å². The molecule has 1 N–H and O–H groups in total. The molecule has 1 amide bonds. The summed E-state index contributed by atoms with van der Waals surface area (Å²) in [5.74, 6) is -0.440. The highest BCUT2D eigenvalue weighted by atomic mass is 32.2. The average molecular weight is 338 g/mol. The Labute approximate surface area is 132 Å². The van der Waals surface area contributed by atoms with Gasteiger partial charge in [0, 0.05) is 6.04 Å². The average Bonchev–Trinajstić information content (AvgIpc) is 3.03. The molecule has 2 heterocycles. The zero-order valence-corrected chi connectivity index (χ0v) is 13.2. The first-order valence-electron chi connectivity index (χ1n) is 7.05. The topological polar surface area (TPSA) is 93.9 Å². The van der Waals surface area contributed by atoms with E-state index in [0.29, 0.717) is 17.9 Å². The maximum atomic E-state index is 13.0. The number of halogens is 1. The van der Waals surface area contributed by atoms with Gasteiger partial charge in [0.25, 0.3) is 5.91 Å². The Hall–Kier alpha value is -2.29. The SMILES string of the molecule is Cc1nc(C(=O)N[C@@H]2CCS(=O)(=O)C2)nn1-c1ccc(F)cc1. The smallest absolute Gasteiger partial charge is 0.291 e. The van der Waals surface area contributed by atoms with E-state index in [-0.39, 0.29) is 23.1 Å². The second-order valence-corrected chi connectivity index (χ2v) is 7.67. The quantitative estimate of drug-likeness (QED) is 0.886. The largest absolute Gasteiger partial charge is 0.345 e. The van der Waals surface area contributed by atoms with Gasteiger partial charge in [-0.15, -0.1) is 5.10 Å². The van der Waals surface area contributed by atoms with Crippen LogP contribution in [0.15, 0.2) is 24.3 Å². The first-order valence-corrected chi connectivity index (χ1v) is 8.87. The predicted molar refractivity (Wildman–Crippen MR) is 80.6 cm³/mol. The van der Waals surface area contributed by atoms with Crippen LogP contribution in [-0.2, 0) is 9.84 Å². The van der Waals surface area contributed by atoms with Crippen molar-refractivity contribution in [2.24, 2.45) is 0 Å². The van der Waals surface area contributed by atoms with Gasteiger partial charge in [0.1, 0.15) is 11.6 Å². The van der Waals surface area contributed by atoms with E-state index in [0.717, 1.165) is 0 Å². The van der Waals surface area contributed by atoms with Crippen molar-refractivity contribution in [1.82, 2.24) is 20.1 Å². The number of benzene rings is 1. The molecule has 2 aromatic rings. The van der Waals surface area contributed by atoms with Crippen molar-refractivity contribution >= 4 is 15.7 Å². The van der Waals surface area contributed by atoms with Crippen LogP contribution in [0.2, 0.25) is 0 Å². The van der Waals surface area contributed by atoms with Gasteiger partial charge in [-0.1, -0.05) is 0 Å². The molecule has 9 heteroatoms. The number of carbonyl (C=O) groups is 1. The van der Waals surface area contributed by atoms with Crippen molar-refractivity contribution in [2.45, 2.75) is 19.4 Å². The van der Waals surface area contributed by atoms with E-state index in [1.165, 1.54) is 28.9 Å². The van der Waals surface area contributed by atoms with Gasteiger partial charge in [0.2, 0.25) is 5.82 Å². The highest BCUT2D eigenvalue weighted by molar-refractivity contribution is 7.91. The molecule has 0 saturated carbocycles. The van der Waals surface area contributed by atoms with Gasteiger partial charge in [-0.2, -0.15) is 0 Å².